The zero-order valence-electron chi connectivity index (χ0n) is 4.63. The Morgan fingerprint density at radius 3 is 1.11 bits per heavy atom. The van der Waals surface area contributed by atoms with Crippen LogP contribution in [0.4, 0.5) is 0 Å². The van der Waals surface area contributed by atoms with Crippen molar-refractivity contribution in [2.24, 2.45) is 0 Å². The maximum absolute atomic E-state index is 8.89. The Hall–Kier alpha value is -0.196. The standard InChI is InChI=1S/C2H4O2.Ni.4H2O/c1-2(3)4;;;;;/h1H3,(H,3,4);;4*1H2/q;+2;;;;/p-1. The molecule has 0 aliphatic heterocycles. The van der Waals surface area contributed by atoms with Crippen molar-refractivity contribution in [1.29, 1.82) is 0 Å². The van der Waals surface area contributed by atoms with E-state index in [1.54, 1.807) is 0 Å². The molecule has 0 amide bonds. The summed E-state index contributed by atoms with van der Waals surface area (Å²) in [4.78, 5) is 8.89. The van der Waals surface area contributed by atoms with Gasteiger partial charge in [0.05, 0.1) is 0 Å². The van der Waals surface area contributed by atoms with Gasteiger partial charge in [-0.05, 0) is 6.92 Å². The van der Waals surface area contributed by atoms with Gasteiger partial charge in [-0.2, -0.15) is 0 Å². The van der Waals surface area contributed by atoms with E-state index >= 15 is 0 Å². The number of carboxylic acid groups (broad SMARTS) is 1. The van der Waals surface area contributed by atoms with Gasteiger partial charge in [-0.3, -0.25) is 0 Å². The first kappa shape index (κ1) is 68.2. The SMILES string of the molecule is CC(=O)[O-].O.O.O.O.[Ni+2]. The number of carbonyl (C=O) groups excluding carboxylic acids is 1. The zero-order valence-corrected chi connectivity index (χ0v) is 5.62. The van der Waals surface area contributed by atoms with Gasteiger partial charge in [0.1, 0.15) is 0 Å². The molecule has 0 atom stereocenters. The summed E-state index contributed by atoms with van der Waals surface area (Å²) < 4.78 is 0. The smallest absolute Gasteiger partial charge is 0.550 e. The van der Waals surface area contributed by atoms with Crippen LogP contribution in [0.3, 0.4) is 0 Å². The van der Waals surface area contributed by atoms with Gasteiger partial charge < -0.3 is 31.8 Å². The average molecular weight is 190 g/mol. The van der Waals surface area contributed by atoms with Gasteiger partial charge in [0.25, 0.3) is 0 Å². The van der Waals surface area contributed by atoms with E-state index in [2.05, 4.69) is 0 Å². The molecule has 8 N–H and O–H groups in total. The molecular formula is C2H11NiO6+. The summed E-state index contributed by atoms with van der Waals surface area (Å²) in [6.45, 7) is 0.972. The van der Waals surface area contributed by atoms with E-state index in [1.165, 1.54) is 0 Å². The van der Waals surface area contributed by atoms with Crippen LogP contribution in [0.15, 0.2) is 0 Å². The predicted octanol–water partition coefficient (Wildman–Crippen LogP) is -4.55. The molecule has 0 saturated carbocycles. The quantitative estimate of drug-likeness (QED) is 0.351. The van der Waals surface area contributed by atoms with Crippen LogP contribution in [-0.4, -0.2) is 27.9 Å². The molecule has 0 aliphatic rings. The number of aliphatic carboxylic acids is 1. The third kappa shape index (κ3) is 6810. The van der Waals surface area contributed by atoms with Crippen molar-refractivity contribution in [3.63, 3.8) is 0 Å². The zero-order chi connectivity index (χ0) is 3.58. The minimum absolute atomic E-state index is 0. The minimum Gasteiger partial charge on any atom is -0.550 e. The first-order valence-electron chi connectivity index (χ1n) is 0.908. The average Bonchev–Trinajstić information content (AvgIpc) is 0.811. The summed E-state index contributed by atoms with van der Waals surface area (Å²) in [5.41, 5.74) is 0. The summed E-state index contributed by atoms with van der Waals surface area (Å²) in [5.74, 6) is -1.08. The number of hydrogen-bond acceptors (Lipinski definition) is 2. The Bertz CT molecular complexity index is 34.0. The van der Waals surface area contributed by atoms with E-state index in [1.807, 2.05) is 0 Å². The summed E-state index contributed by atoms with van der Waals surface area (Å²) in [5, 5.41) is 8.89. The second-order valence-electron chi connectivity index (χ2n) is 0.492. The van der Waals surface area contributed by atoms with E-state index in [-0.39, 0.29) is 38.4 Å². The van der Waals surface area contributed by atoms with Crippen LogP contribution in [0, 0.1) is 0 Å². The Balaban J connectivity index is -0.00000000450. The van der Waals surface area contributed by atoms with Crippen LogP contribution in [0.1, 0.15) is 6.92 Å². The van der Waals surface area contributed by atoms with Crippen molar-refractivity contribution in [2.75, 3.05) is 0 Å². The van der Waals surface area contributed by atoms with Crippen molar-refractivity contribution in [3.05, 3.63) is 0 Å². The van der Waals surface area contributed by atoms with Crippen molar-refractivity contribution in [3.8, 4) is 0 Å². The predicted molar refractivity (Wildman–Crippen MR) is 25.1 cm³/mol. The largest absolute Gasteiger partial charge is 2.00 e. The van der Waals surface area contributed by atoms with Gasteiger partial charge in [-0.25, -0.2) is 0 Å². The molecule has 0 fully saturated rings. The van der Waals surface area contributed by atoms with Crippen LogP contribution in [0.2, 0.25) is 0 Å². The third-order valence-corrected chi connectivity index (χ3v) is 0. The van der Waals surface area contributed by atoms with E-state index in [9.17, 15) is 0 Å². The van der Waals surface area contributed by atoms with Crippen LogP contribution in [0.5, 0.6) is 0 Å². The van der Waals surface area contributed by atoms with Gasteiger partial charge in [-0.1, -0.05) is 0 Å². The van der Waals surface area contributed by atoms with E-state index < -0.39 is 5.97 Å². The van der Waals surface area contributed by atoms with E-state index in [0.717, 1.165) is 6.92 Å². The van der Waals surface area contributed by atoms with Crippen LogP contribution >= 0.6 is 0 Å². The fourth-order valence-corrected chi connectivity index (χ4v) is 0. The van der Waals surface area contributed by atoms with Crippen LogP contribution < -0.4 is 5.11 Å². The Morgan fingerprint density at radius 1 is 1.11 bits per heavy atom. The number of rotatable bonds is 0. The fourth-order valence-electron chi connectivity index (χ4n) is 0. The first-order valence-corrected chi connectivity index (χ1v) is 0.908. The Morgan fingerprint density at radius 2 is 1.11 bits per heavy atom. The van der Waals surface area contributed by atoms with E-state index in [0.29, 0.717) is 0 Å². The van der Waals surface area contributed by atoms with E-state index in [4.69, 9.17) is 9.90 Å². The summed E-state index contributed by atoms with van der Waals surface area (Å²) >= 11 is 0. The molecule has 0 aromatic heterocycles. The molecular weight excluding hydrogens is 179 g/mol. The second kappa shape index (κ2) is 46.0. The molecule has 64 valence electrons. The summed E-state index contributed by atoms with van der Waals surface area (Å²) in [6.07, 6.45) is 0. The molecule has 0 aliphatic carbocycles. The van der Waals surface area contributed by atoms with Gasteiger partial charge >= 0.3 is 16.5 Å². The molecule has 9 heavy (non-hydrogen) atoms. The van der Waals surface area contributed by atoms with Crippen molar-refractivity contribution in [2.45, 2.75) is 6.92 Å². The fraction of sp³-hybridized carbons (Fsp3) is 0.500. The molecule has 0 spiro atoms. The van der Waals surface area contributed by atoms with Crippen molar-refractivity contribution < 1.29 is 48.3 Å². The summed E-state index contributed by atoms with van der Waals surface area (Å²) in [7, 11) is 0. The van der Waals surface area contributed by atoms with Crippen LogP contribution in [0.25, 0.3) is 0 Å². The molecule has 0 aromatic carbocycles. The van der Waals surface area contributed by atoms with Gasteiger partial charge in [0.15, 0.2) is 0 Å². The van der Waals surface area contributed by atoms with Crippen molar-refractivity contribution in [1.82, 2.24) is 0 Å². The number of carbonyl (C=O) groups is 1. The second-order valence-corrected chi connectivity index (χ2v) is 0.492. The topological polar surface area (TPSA) is 166 Å². The molecule has 6 nitrogen and oxygen atoms in total. The normalized spacial score (nSPS) is 2.78. The third-order valence-electron chi connectivity index (χ3n) is 0. The minimum atomic E-state index is -1.08. The molecule has 0 bridgehead atoms. The van der Waals surface area contributed by atoms with Crippen LogP contribution in [-0.2, 0) is 21.3 Å². The number of hydrogen-bond donors (Lipinski definition) is 0. The first-order chi connectivity index (χ1) is 1.73. The molecule has 0 saturated heterocycles. The van der Waals surface area contributed by atoms with Gasteiger partial charge in [-0.15, -0.1) is 0 Å². The Kier molecular flexibility index (Phi) is 348. The molecule has 7 heteroatoms. The van der Waals surface area contributed by atoms with Gasteiger partial charge in [0.2, 0.25) is 0 Å². The molecule has 0 aromatic rings. The molecule has 0 radical (unpaired) electrons. The van der Waals surface area contributed by atoms with Crippen molar-refractivity contribution >= 4 is 5.97 Å². The molecule has 0 unspecified atom stereocenters. The van der Waals surface area contributed by atoms with Gasteiger partial charge in [0, 0.05) is 5.97 Å². The number of carboxylic acids is 1. The Labute approximate surface area is 62.0 Å². The molecule has 0 rings (SSSR count). The maximum atomic E-state index is 8.89. The summed E-state index contributed by atoms with van der Waals surface area (Å²) in [6, 6.07) is 0. The monoisotopic (exact) mass is 189 g/mol. The molecule has 0 heterocycles. The maximum Gasteiger partial charge on any atom is 2.00 e.